The van der Waals surface area contributed by atoms with Crippen molar-refractivity contribution in [3.05, 3.63) is 210 Å². The molecule has 0 fully saturated rings. The van der Waals surface area contributed by atoms with Crippen LogP contribution in [0, 0.1) is 0 Å². The largest absolute Gasteiger partial charge is 0.457 e. The predicted molar refractivity (Wildman–Crippen MR) is 210 cm³/mol. The molecule has 2 aliphatic heterocycles. The molecule has 0 atom stereocenters. The number of benzene rings is 8. The van der Waals surface area contributed by atoms with Gasteiger partial charge in [0.15, 0.2) is 0 Å². The van der Waals surface area contributed by atoms with Gasteiger partial charge in [0.05, 0.1) is 16.4 Å². The second kappa shape index (κ2) is 11.1. The van der Waals surface area contributed by atoms with Gasteiger partial charge in [-0.3, -0.25) is 0 Å². The second-order valence-corrected chi connectivity index (χ2v) is 13.6. The van der Waals surface area contributed by atoms with Crippen LogP contribution in [0.3, 0.4) is 0 Å². The van der Waals surface area contributed by atoms with E-state index in [0.29, 0.717) is 0 Å². The lowest BCUT2D eigenvalue weighted by atomic mass is 9.60. The molecule has 0 aliphatic carbocycles. The molecule has 1 spiro atoms. The predicted octanol–water partition coefficient (Wildman–Crippen LogP) is 12.7. The third kappa shape index (κ3) is 3.96. The van der Waals surface area contributed by atoms with Gasteiger partial charge in [0, 0.05) is 38.7 Å². The molecule has 52 heavy (non-hydrogen) atoms. The maximum Gasteiger partial charge on any atom is 0.132 e. The van der Waals surface area contributed by atoms with Crippen LogP contribution in [0.5, 0.6) is 23.0 Å². The van der Waals surface area contributed by atoms with Crippen LogP contribution in [0.4, 0.5) is 0 Å². The summed E-state index contributed by atoms with van der Waals surface area (Å²) in [6, 6.07) is 66.9. The first-order chi connectivity index (χ1) is 25.8. The third-order valence-electron chi connectivity index (χ3n) is 10.9. The van der Waals surface area contributed by atoms with E-state index in [-0.39, 0.29) is 0 Å². The number of ether oxygens (including phenoxy) is 2. The summed E-state index contributed by atoms with van der Waals surface area (Å²) in [4.78, 5) is 0. The van der Waals surface area contributed by atoms with Gasteiger partial charge in [-0.15, -0.1) is 0 Å². The zero-order valence-corrected chi connectivity index (χ0v) is 28.2. The molecule has 1 aromatic heterocycles. The molecular weight excluding hydrogens is 635 g/mol. The maximum atomic E-state index is 7.09. The molecule has 0 saturated heterocycles. The molecule has 244 valence electrons. The molecule has 0 radical (unpaired) electrons. The van der Waals surface area contributed by atoms with Crippen molar-refractivity contribution in [2.75, 3.05) is 0 Å². The van der Waals surface area contributed by atoms with Crippen molar-refractivity contribution in [3.63, 3.8) is 0 Å². The van der Waals surface area contributed by atoms with Gasteiger partial charge >= 0.3 is 0 Å². The summed E-state index contributed by atoms with van der Waals surface area (Å²) in [6.45, 7) is 0. The minimum atomic E-state index is -0.736. The van der Waals surface area contributed by atoms with Crippen LogP contribution in [0.15, 0.2) is 188 Å². The Morgan fingerprint density at radius 2 is 0.962 bits per heavy atom. The van der Waals surface area contributed by atoms with Crippen LogP contribution >= 0.6 is 0 Å². The number of hydrogen-bond acceptors (Lipinski definition) is 2. The molecule has 3 heterocycles. The number of rotatable bonds is 3. The van der Waals surface area contributed by atoms with E-state index in [4.69, 9.17) is 9.47 Å². The number of fused-ring (bicyclic) bond motifs is 11. The van der Waals surface area contributed by atoms with Gasteiger partial charge in [-0.25, -0.2) is 0 Å². The van der Waals surface area contributed by atoms with Crippen LogP contribution in [-0.2, 0) is 5.41 Å². The Labute approximate surface area is 301 Å². The van der Waals surface area contributed by atoms with E-state index in [1.54, 1.807) is 0 Å². The lowest BCUT2D eigenvalue weighted by Gasteiger charge is -2.45. The Bertz CT molecular complexity index is 2810. The average Bonchev–Trinajstić information content (AvgIpc) is 3.56. The molecule has 3 nitrogen and oxygen atoms in total. The monoisotopic (exact) mass is 665 g/mol. The Hall–Kier alpha value is -6.84. The Morgan fingerprint density at radius 1 is 0.385 bits per heavy atom. The van der Waals surface area contributed by atoms with Crippen LogP contribution in [0.25, 0.3) is 49.7 Å². The SMILES string of the molecule is c1ccc(-c2ccc3c(c2)Oc2cccc(-c4cccc5c4c4ccccc4n5-c4ccccc4)c2C32c3ccccc3Oc3ccccc32)cc1. The van der Waals surface area contributed by atoms with E-state index < -0.39 is 5.41 Å². The number of nitrogens with zero attached hydrogens (tertiary/aromatic N) is 1. The van der Waals surface area contributed by atoms with Crippen molar-refractivity contribution >= 4 is 21.8 Å². The highest BCUT2D eigenvalue weighted by Gasteiger charge is 2.51. The highest BCUT2D eigenvalue weighted by Crippen LogP contribution is 2.63. The maximum absolute atomic E-state index is 7.09. The van der Waals surface area contributed by atoms with E-state index >= 15 is 0 Å². The molecule has 0 amide bonds. The van der Waals surface area contributed by atoms with Gasteiger partial charge < -0.3 is 14.0 Å². The van der Waals surface area contributed by atoms with E-state index in [9.17, 15) is 0 Å². The van der Waals surface area contributed by atoms with Gasteiger partial charge in [0.1, 0.15) is 23.0 Å². The first-order valence-electron chi connectivity index (χ1n) is 17.8. The van der Waals surface area contributed by atoms with Gasteiger partial charge in [-0.05, 0) is 70.8 Å². The second-order valence-electron chi connectivity index (χ2n) is 13.6. The van der Waals surface area contributed by atoms with Crippen molar-refractivity contribution in [1.82, 2.24) is 4.57 Å². The molecule has 8 aromatic carbocycles. The minimum absolute atomic E-state index is 0.736. The smallest absolute Gasteiger partial charge is 0.132 e. The van der Waals surface area contributed by atoms with Crippen LogP contribution in [-0.4, -0.2) is 4.57 Å². The van der Waals surface area contributed by atoms with Gasteiger partial charge in [0.2, 0.25) is 0 Å². The van der Waals surface area contributed by atoms with Crippen LogP contribution in [0.2, 0.25) is 0 Å². The normalized spacial score (nSPS) is 13.5. The highest BCUT2D eigenvalue weighted by atomic mass is 16.5. The first-order valence-corrected chi connectivity index (χ1v) is 17.8. The van der Waals surface area contributed by atoms with Crippen molar-refractivity contribution in [1.29, 1.82) is 0 Å². The van der Waals surface area contributed by atoms with Gasteiger partial charge in [-0.2, -0.15) is 0 Å². The molecule has 0 saturated carbocycles. The Kier molecular flexibility index (Phi) is 6.17. The summed E-state index contributed by atoms with van der Waals surface area (Å²) in [5, 5.41) is 2.42. The standard InChI is InChI=1S/C49H31NO2/c1-3-15-32(16-4-1)33-29-30-40-46(31-33)52-45-28-14-21-36(48(45)49(40)38-22-8-11-26-43(38)51-44-27-12-9-23-39(44)49)35-20-13-25-42-47(35)37-19-7-10-24-41(37)50(42)34-17-5-2-6-18-34/h1-31H. The fourth-order valence-corrected chi connectivity index (χ4v) is 8.86. The minimum Gasteiger partial charge on any atom is -0.457 e. The summed E-state index contributed by atoms with van der Waals surface area (Å²) in [7, 11) is 0. The zero-order valence-electron chi connectivity index (χ0n) is 28.2. The number of hydrogen-bond donors (Lipinski definition) is 0. The molecule has 0 bridgehead atoms. The summed E-state index contributed by atoms with van der Waals surface area (Å²) in [6.07, 6.45) is 0. The van der Waals surface area contributed by atoms with Crippen molar-refractivity contribution < 1.29 is 9.47 Å². The van der Waals surface area contributed by atoms with Gasteiger partial charge in [-0.1, -0.05) is 140 Å². The molecule has 3 heteroatoms. The van der Waals surface area contributed by atoms with Crippen LogP contribution < -0.4 is 9.47 Å². The Balaban J connectivity index is 1.28. The molecule has 11 rings (SSSR count). The lowest BCUT2D eigenvalue weighted by molar-refractivity contribution is 0.400. The van der Waals surface area contributed by atoms with Gasteiger partial charge in [0.25, 0.3) is 0 Å². The van der Waals surface area contributed by atoms with Crippen molar-refractivity contribution in [3.8, 4) is 50.9 Å². The van der Waals surface area contributed by atoms with Crippen molar-refractivity contribution in [2.24, 2.45) is 0 Å². The topological polar surface area (TPSA) is 23.4 Å². The first kappa shape index (κ1) is 28.9. The molecule has 0 N–H and O–H groups in total. The number of para-hydroxylation sites is 4. The third-order valence-corrected chi connectivity index (χ3v) is 10.9. The van der Waals surface area contributed by atoms with Crippen LogP contribution in [0.1, 0.15) is 22.3 Å². The lowest BCUT2D eigenvalue weighted by Crippen LogP contribution is -2.37. The zero-order chi connectivity index (χ0) is 34.2. The fraction of sp³-hybridized carbons (Fsp3) is 0.0204. The molecule has 2 aliphatic rings. The van der Waals surface area contributed by atoms with E-state index in [1.165, 1.54) is 16.3 Å². The van der Waals surface area contributed by atoms with Crippen molar-refractivity contribution in [2.45, 2.75) is 5.41 Å². The average molecular weight is 666 g/mol. The Morgan fingerprint density at radius 3 is 1.75 bits per heavy atom. The summed E-state index contributed by atoms with van der Waals surface area (Å²) < 4.78 is 16.2. The number of aromatic nitrogens is 1. The molecule has 9 aromatic rings. The molecular formula is C49H31NO2. The fourth-order valence-electron chi connectivity index (χ4n) is 8.86. The van der Waals surface area contributed by atoms with E-state index in [1.807, 2.05) is 0 Å². The highest BCUT2D eigenvalue weighted by molar-refractivity contribution is 6.16. The summed E-state index contributed by atoms with van der Waals surface area (Å²) in [5.41, 5.74) is 11.7. The van der Waals surface area contributed by atoms with E-state index in [2.05, 4.69) is 193 Å². The quantitative estimate of drug-likeness (QED) is 0.187. The summed E-state index contributed by atoms with van der Waals surface area (Å²) >= 11 is 0. The summed E-state index contributed by atoms with van der Waals surface area (Å²) in [5.74, 6) is 3.38. The molecule has 0 unspecified atom stereocenters. The van der Waals surface area contributed by atoms with E-state index in [0.717, 1.165) is 78.7 Å².